The van der Waals surface area contributed by atoms with Crippen molar-refractivity contribution in [1.29, 1.82) is 0 Å². The molecule has 0 unspecified atom stereocenters. The second-order valence-electron chi connectivity index (χ2n) is 5.79. The molecule has 0 atom stereocenters. The third-order valence-corrected chi connectivity index (χ3v) is 4.93. The number of aromatic hydroxyl groups is 1. The van der Waals surface area contributed by atoms with Crippen LogP contribution >= 0.6 is 11.3 Å². The van der Waals surface area contributed by atoms with Crippen molar-refractivity contribution in [2.75, 3.05) is 11.9 Å². The van der Waals surface area contributed by atoms with Gasteiger partial charge in [0.25, 0.3) is 0 Å². The predicted octanol–water partition coefficient (Wildman–Crippen LogP) is 3.84. The highest BCUT2D eigenvalue weighted by Gasteiger charge is 2.13. The summed E-state index contributed by atoms with van der Waals surface area (Å²) in [5, 5.41) is 15.5. The zero-order valence-electron chi connectivity index (χ0n) is 13.3. The number of rotatable bonds is 3. The highest BCUT2D eigenvalue weighted by Crippen LogP contribution is 2.28. The normalized spacial score (nSPS) is 13.2. The molecule has 126 valence electrons. The molecule has 3 aromatic rings. The van der Waals surface area contributed by atoms with E-state index in [1.807, 2.05) is 18.2 Å². The highest BCUT2D eigenvalue weighted by atomic mass is 32.1. The number of fused-ring (bicyclic) bond motifs is 2. The van der Waals surface area contributed by atoms with Gasteiger partial charge in [-0.1, -0.05) is 29.5 Å². The van der Waals surface area contributed by atoms with Gasteiger partial charge in [-0.2, -0.15) is 0 Å². The number of amides is 2. The molecule has 0 saturated heterocycles. The Hall–Kier alpha value is -2.93. The maximum atomic E-state index is 12.1. The van der Waals surface area contributed by atoms with Crippen LogP contribution in [0.4, 0.5) is 15.6 Å². The second-order valence-corrected chi connectivity index (χ2v) is 6.82. The molecule has 1 aliphatic rings. The molecule has 0 radical (unpaired) electrons. The van der Waals surface area contributed by atoms with Crippen molar-refractivity contribution in [3.05, 3.63) is 48.0 Å². The molecule has 1 aromatic heterocycles. The van der Waals surface area contributed by atoms with E-state index < -0.39 is 0 Å². The van der Waals surface area contributed by atoms with Crippen molar-refractivity contribution < 1.29 is 9.90 Å². The summed E-state index contributed by atoms with van der Waals surface area (Å²) in [6, 6.07) is 12.7. The lowest BCUT2D eigenvalue weighted by atomic mass is 10.0. The van der Waals surface area contributed by atoms with E-state index in [0.29, 0.717) is 11.7 Å². The standard InChI is InChI=1S/C18H16N4O2S/c23-13-7-8-15-16(9-13)25-18(21-15)22-17(24)19-10-12-6-5-11-3-1-2-4-14(11)20-12/h1-4,7-9,23H,5-6,10H2,(H2,19,21,22,24). The Bertz CT molecular complexity index is 980. The number of aliphatic imine (C=N–C) groups is 1. The van der Waals surface area contributed by atoms with Crippen LogP contribution in [0.2, 0.25) is 0 Å². The fraction of sp³-hybridized carbons (Fsp3) is 0.167. The number of hydrogen-bond donors (Lipinski definition) is 3. The Morgan fingerprint density at radius 3 is 3.00 bits per heavy atom. The topological polar surface area (TPSA) is 86.6 Å². The maximum absolute atomic E-state index is 12.1. The van der Waals surface area contributed by atoms with Crippen LogP contribution in [0.1, 0.15) is 12.0 Å². The average molecular weight is 352 g/mol. The summed E-state index contributed by atoms with van der Waals surface area (Å²) in [5.74, 6) is 0.183. The zero-order valence-corrected chi connectivity index (χ0v) is 14.1. The Labute approximate surface area is 148 Å². The summed E-state index contributed by atoms with van der Waals surface area (Å²) < 4.78 is 0.823. The van der Waals surface area contributed by atoms with E-state index in [-0.39, 0.29) is 11.8 Å². The minimum Gasteiger partial charge on any atom is -0.508 e. The largest absolute Gasteiger partial charge is 0.508 e. The molecule has 0 aliphatic carbocycles. The predicted molar refractivity (Wildman–Crippen MR) is 100 cm³/mol. The third kappa shape index (κ3) is 3.46. The van der Waals surface area contributed by atoms with E-state index in [1.165, 1.54) is 16.9 Å². The van der Waals surface area contributed by atoms with E-state index in [2.05, 4.69) is 26.7 Å². The number of aromatic nitrogens is 1. The fourth-order valence-corrected chi connectivity index (χ4v) is 3.65. The summed E-state index contributed by atoms with van der Waals surface area (Å²) in [6.45, 7) is 0.409. The van der Waals surface area contributed by atoms with E-state index in [4.69, 9.17) is 0 Å². The number of phenolic OH excluding ortho intramolecular Hbond substituents is 1. The number of para-hydroxylation sites is 1. The van der Waals surface area contributed by atoms with Crippen LogP contribution in [-0.2, 0) is 6.42 Å². The molecule has 2 heterocycles. The number of nitrogens with zero attached hydrogens (tertiary/aromatic N) is 2. The molecule has 6 nitrogen and oxygen atoms in total. The molecule has 3 N–H and O–H groups in total. The maximum Gasteiger partial charge on any atom is 0.321 e. The zero-order chi connectivity index (χ0) is 17.2. The summed E-state index contributed by atoms with van der Waals surface area (Å²) >= 11 is 1.32. The molecule has 2 aromatic carbocycles. The van der Waals surface area contributed by atoms with E-state index in [9.17, 15) is 9.90 Å². The Morgan fingerprint density at radius 2 is 2.08 bits per heavy atom. The van der Waals surface area contributed by atoms with Crippen LogP contribution in [0.15, 0.2) is 47.5 Å². The summed E-state index contributed by atoms with van der Waals surface area (Å²) in [6.07, 6.45) is 1.79. The highest BCUT2D eigenvalue weighted by molar-refractivity contribution is 7.22. The molecular formula is C18H16N4O2S. The van der Waals surface area contributed by atoms with Crippen LogP contribution < -0.4 is 10.6 Å². The van der Waals surface area contributed by atoms with Crippen molar-refractivity contribution >= 4 is 44.1 Å². The van der Waals surface area contributed by atoms with E-state index >= 15 is 0 Å². The number of phenols is 1. The first-order valence-corrected chi connectivity index (χ1v) is 8.78. The van der Waals surface area contributed by atoms with Crippen molar-refractivity contribution in [2.24, 2.45) is 4.99 Å². The summed E-state index contributed by atoms with van der Waals surface area (Å²) in [4.78, 5) is 21.0. The number of nitrogens with one attached hydrogen (secondary N) is 2. The van der Waals surface area contributed by atoms with Gasteiger partial charge in [0.2, 0.25) is 0 Å². The number of anilines is 1. The second kappa shape index (κ2) is 6.52. The number of hydrogen-bond acceptors (Lipinski definition) is 5. The van der Waals surface area contributed by atoms with Crippen molar-refractivity contribution in [2.45, 2.75) is 12.8 Å². The lowest BCUT2D eigenvalue weighted by molar-refractivity contribution is 0.253. The van der Waals surface area contributed by atoms with Gasteiger partial charge in [0, 0.05) is 5.71 Å². The molecule has 2 amide bonds. The van der Waals surface area contributed by atoms with Gasteiger partial charge < -0.3 is 10.4 Å². The van der Waals surface area contributed by atoms with Crippen molar-refractivity contribution in [3.63, 3.8) is 0 Å². The first-order chi connectivity index (χ1) is 12.2. The number of aryl methyl sites for hydroxylation is 1. The van der Waals surface area contributed by atoms with Gasteiger partial charge in [0.05, 0.1) is 22.4 Å². The van der Waals surface area contributed by atoms with Gasteiger partial charge in [0.1, 0.15) is 5.75 Å². The van der Waals surface area contributed by atoms with Gasteiger partial charge >= 0.3 is 6.03 Å². The average Bonchev–Trinajstić information content (AvgIpc) is 3.01. The van der Waals surface area contributed by atoms with Crippen LogP contribution in [0.25, 0.3) is 10.2 Å². The quantitative estimate of drug-likeness (QED) is 0.669. The molecule has 4 rings (SSSR count). The SMILES string of the molecule is O=C(NCC1=Nc2ccccc2CC1)Nc1nc2ccc(O)cc2s1. The Kier molecular flexibility index (Phi) is 4.07. The van der Waals surface area contributed by atoms with E-state index in [0.717, 1.165) is 34.5 Å². The van der Waals surface area contributed by atoms with Crippen LogP contribution in [0, 0.1) is 0 Å². The number of thiazole rings is 1. The van der Waals surface area contributed by atoms with Crippen molar-refractivity contribution in [1.82, 2.24) is 10.3 Å². The minimum atomic E-state index is -0.315. The molecule has 25 heavy (non-hydrogen) atoms. The summed E-state index contributed by atoms with van der Waals surface area (Å²) in [7, 11) is 0. The monoisotopic (exact) mass is 352 g/mol. The molecule has 0 spiro atoms. The number of urea groups is 1. The molecule has 7 heteroatoms. The van der Waals surface area contributed by atoms with Crippen LogP contribution in [0.3, 0.4) is 0 Å². The molecule has 0 bridgehead atoms. The van der Waals surface area contributed by atoms with Crippen molar-refractivity contribution in [3.8, 4) is 5.75 Å². The van der Waals surface area contributed by atoms with Crippen LogP contribution in [-0.4, -0.2) is 28.4 Å². The Balaban J connectivity index is 1.38. The number of carbonyl (C=O) groups is 1. The van der Waals surface area contributed by atoms with E-state index in [1.54, 1.807) is 18.2 Å². The number of benzene rings is 2. The molecule has 1 aliphatic heterocycles. The minimum absolute atomic E-state index is 0.183. The summed E-state index contributed by atoms with van der Waals surface area (Å²) in [5.41, 5.74) is 3.93. The lowest BCUT2D eigenvalue weighted by Crippen LogP contribution is -2.33. The van der Waals surface area contributed by atoms with Gasteiger partial charge in [-0.05, 0) is 42.7 Å². The molecular weight excluding hydrogens is 336 g/mol. The number of carbonyl (C=O) groups excluding carboxylic acids is 1. The fourth-order valence-electron chi connectivity index (χ4n) is 2.75. The smallest absolute Gasteiger partial charge is 0.321 e. The molecule has 0 saturated carbocycles. The van der Waals surface area contributed by atoms with Crippen LogP contribution in [0.5, 0.6) is 5.75 Å². The van der Waals surface area contributed by atoms with Gasteiger partial charge in [0.15, 0.2) is 5.13 Å². The first-order valence-electron chi connectivity index (χ1n) is 7.96. The Morgan fingerprint density at radius 1 is 1.20 bits per heavy atom. The lowest BCUT2D eigenvalue weighted by Gasteiger charge is -2.15. The first kappa shape index (κ1) is 15.6. The van der Waals surface area contributed by atoms with Gasteiger partial charge in [-0.3, -0.25) is 10.3 Å². The van der Waals surface area contributed by atoms with Gasteiger partial charge in [-0.25, -0.2) is 9.78 Å². The third-order valence-electron chi connectivity index (χ3n) is 4.00. The molecule has 0 fully saturated rings. The van der Waals surface area contributed by atoms with Gasteiger partial charge in [-0.15, -0.1) is 0 Å².